The monoisotopic (exact) mass is 298 g/mol. The molecule has 0 aliphatic heterocycles. The summed E-state index contributed by atoms with van der Waals surface area (Å²) in [7, 11) is 0. The van der Waals surface area contributed by atoms with Gasteiger partial charge in [-0.1, -0.05) is 26.0 Å². The number of nitrogens with zero attached hydrogens (tertiary/aromatic N) is 3. The van der Waals surface area contributed by atoms with E-state index in [-0.39, 0.29) is 11.6 Å². The van der Waals surface area contributed by atoms with E-state index >= 15 is 0 Å². The number of rotatable bonds is 3. The SMILES string of the molecule is CC(C)c1csc(NC(=O)c2cnc3ccccc3n2)n1. The number of hydrogen-bond donors (Lipinski definition) is 1. The highest BCUT2D eigenvalue weighted by Gasteiger charge is 2.12. The standard InChI is InChI=1S/C15H14N4OS/c1-9(2)13-8-21-15(18-13)19-14(20)12-7-16-10-5-3-4-6-11(10)17-12/h3-9H,1-2H3,(H,18,19,20). The smallest absolute Gasteiger partial charge is 0.277 e. The molecule has 3 rings (SSSR count). The third kappa shape index (κ3) is 2.90. The topological polar surface area (TPSA) is 67.8 Å². The first-order valence-corrected chi connectivity index (χ1v) is 7.50. The predicted octanol–water partition coefficient (Wildman–Crippen LogP) is 3.46. The molecule has 1 amide bonds. The van der Waals surface area contributed by atoms with Crippen molar-refractivity contribution in [2.75, 3.05) is 5.32 Å². The van der Waals surface area contributed by atoms with Crippen LogP contribution in [0.5, 0.6) is 0 Å². The summed E-state index contributed by atoms with van der Waals surface area (Å²) in [5.41, 5.74) is 2.73. The molecule has 106 valence electrons. The fourth-order valence-corrected chi connectivity index (χ4v) is 2.70. The van der Waals surface area contributed by atoms with Crippen molar-refractivity contribution in [3.63, 3.8) is 0 Å². The number of fused-ring (bicyclic) bond motifs is 1. The summed E-state index contributed by atoms with van der Waals surface area (Å²) in [6.07, 6.45) is 1.48. The Morgan fingerprint density at radius 1 is 1.19 bits per heavy atom. The molecule has 0 aliphatic carbocycles. The van der Waals surface area contributed by atoms with E-state index in [1.54, 1.807) is 0 Å². The zero-order chi connectivity index (χ0) is 14.8. The lowest BCUT2D eigenvalue weighted by Gasteiger charge is -2.02. The summed E-state index contributed by atoms with van der Waals surface area (Å²) in [4.78, 5) is 25.1. The van der Waals surface area contributed by atoms with Crippen LogP contribution in [-0.2, 0) is 0 Å². The first-order chi connectivity index (χ1) is 10.1. The molecular weight excluding hydrogens is 284 g/mol. The highest BCUT2D eigenvalue weighted by Crippen LogP contribution is 2.21. The van der Waals surface area contributed by atoms with E-state index in [4.69, 9.17) is 0 Å². The third-order valence-corrected chi connectivity index (χ3v) is 3.79. The maximum Gasteiger partial charge on any atom is 0.277 e. The van der Waals surface area contributed by atoms with Crippen LogP contribution < -0.4 is 5.32 Å². The molecule has 0 bridgehead atoms. The van der Waals surface area contributed by atoms with E-state index in [1.807, 2.05) is 29.6 Å². The average molecular weight is 298 g/mol. The van der Waals surface area contributed by atoms with Crippen LogP contribution in [0.15, 0.2) is 35.8 Å². The molecule has 21 heavy (non-hydrogen) atoms. The second-order valence-electron chi connectivity index (χ2n) is 4.93. The second-order valence-corrected chi connectivity index (χ2v) is 5.79. The van der Waals surface area contributed by atoms with Gasteiger partial charge in [0.25, 0.3) is 5.91 Å². The van der Waals surface area contributed by atoms with Crippen molar-refractivity contribution in [1.82, 2.24) is 15.0 Å². The third-order valence-electron chi connectivity index (χ3n) is 3.02. The average Bonchev–Trinajstić information content (AvgIpc) is 2.95. The molecule has 3 aromatic rings. The molecule has 0 radical (unpaired) electrons. The molecule has 0 saturated carbocycles. The van der Waals surface area contributed by atoms with Gasteiger partial charge in [0.15, 0.2) is 5.13 Å². The van der Waals surface area contributed by atoms with Gasteiger partial charge in [-0.3, -0.25) is 15.1 Å². The minimum atomic E-state index is -0.294. The van der Waals surface area contributed by atoms with Gasteiger partial charge in [0.05, 0.1) is 22.9 Å². The Labute approximate surface area is 126 Å². The Hall–Kier alpha value is -2.34. The molecule has 0 fully saturated rings. The lowest BCUT2D eigenvalue weighted by Crippen LogP contribution is -2.14. The molecule has 5 nitrogen and oxygen atoms in total. The number of amides is 1. The number of hydrogen-bond acceptors (Lipinski definition) is 5. The zero-order valence-electron chi connectivity index (χ0n) is 11.7. The summed E-state index contributed by atoms with van der Waals surface area (Å²) in [5.74, 6) is 0.0465. The van der Waals surface area contributed by atoms with Crippen LogP contribution in [0.2, 0.25) is 0 Å². The van der Waals surface area contributed by atoms with E-state index < -0.39 is 0 Å². The maximum absolute atomic E-state index is 12.2. The van der Waals surface area contributed by atoms with Gasteiger partial charge in [-0.05, 0) is 18.1 Å². The van der Waals surface area contributed by atoms with Crippen LogP contribution >= 0.6 is 11.3 Å². The number of benzene rings is 1. The highest BCUT2D eigenvalue weighted by molar-refractivity contribution is 7.14. The van der Waals surface area contributed by atoms with Gasteiger partial charge >= 0.3 is 0 Å². The summed E-state index contributed by atoms with van der Waals surface area (Å²) in [6, 6.07) is 7.45. The van der Waals surface area contributed by atoms with Crippen molar-refractivity contribution >= 4 is 33.4 Å². The number of thiazole rings is 1. The molecule has 6 heteroatoms. The van der Waals surface area contributed by atoms with Gasteiger partial charge in [-0.15, -0.1) is 11.3 Å². The highest BCUT2D eigenvalue weighted by atomic mass is 32.1. The molecular formula is C15H14N4OS. The van der Waals surface area contributed by atoms with Gasteiger partial charge < -0.3 is 0 Å². The van der Waals surface area contributed by atoms with E-state index in [2.05, 4.69) is 34.1 Å². The largest absolute Gasteiger partial charge is 0.296 e. The Kier molecular flexibility index (Phi) is 3.62. The summed E-state index contributed by atoms with van der Waals surface area (Å²) in [5, 5.41) is 5.30. The molecule has 2 aromatic heterocycles. The molecule has 0 unspecified atom stereocenters. The van der Waals surface area contributed by atoms with Crippen LogP contribution in [0.3, 0.4) is 0 Å². The van der Waals surface area contributed by atoms with Crippen LogP contribution in [0.25, 0.3) is 11.0 Å². The number of anilines is 1. The fourth-order valence-electron chi connectivity index (χ4n) is 1.84. The number of nitrogens with one attached hydrogen (secondary N) is 1. The Bertz CT molecular complexity index is 797. The number of aromatic nitrogens is 3. The normalized spacial score (nSPS) is 11.0. The number of para-hydroxylation sites is 2. The summed E-state index contributed by atoms with van der Waals surface area (Å²) in [6.45, 7) is 4.13. The van der Waals surface area contributed by atoms with Crippen molar-refractivity contribution in [3.8, 4) is 0 Å². The van der Waals surface area contributed by atoms with Gasteiger partial charge in [-0.25, -0.2) is 9.97 Å². The molecule has 0 atom stereocenters. The van der Waals surface area contributed by atoms with Crippen LogP contribution in [0, 0.1) is 0 Å². The minimum absolute atomic E-state index is 0.287. The van der Waals surface area contributed by atoms with Crippen molar-refractivity contribution in [3.05, 3.63) is 47.2 Å². The van der Waals surface area contributed by atoms with Crippen LogP contribution in [0.1, 0.15) is 35.9 Å². The first kappa shape index (κ1) is 13.6. The minimum Gasteiger partial charge on any atom is -0.296 e. The molecule has 0 spiro atoms. The summed E-state index contributed by atoms with van der Waals surface area (Å²) < 4.78 is 0. The molecule has 1 aromatic carbocycles. The molecule has 1 N–H and O–H groups in total. The van der Waals surface area contributed by atoms with Crippen LogP contribution in [-0.4, -0.2) is 20.9 Å². The van der Waals surface area contributed by atoms with Gasteiger partial charge in [0.2, 0.25) is 0 Å². The number of carbonyl (C=O) groups excluding carboxylic acids is 1. The maximum atomic E-state index is 12.2. The zero-order valence-corrected chi connectivity index (χ0v) is 12.5. The van der Waals surface area contributed by atoms with Crippen molar-refractivity contribution in [2.24, 2.45) is 0 Å². The van der Waals surface area contributed by atoms with Gasteiger partial charge in [0.1, 0.15) is 5.69 Å². The van der Waals surface area contributed by atoms with Crippen molar-refractivity contribution in [1.29, 1.82) is 0 Å². The second kappa shape index (κ2) is 5.57. The predicted molar refractivity (Wildman–Crippen MR) is 83.7 cm³/mol. The lowest BCUT2D eigenvalue weighted by atomic mass is 10.2. The molecule has 0 aliphatic rings. The Morgan fingerprint density at radius 2 is 1.95 bits per heavy atom. The van der Waals surface area contributed by atoms with Crippen LogP contribution in [0.4, 0.5) is 5.13 Å². The van der Waals surface area contributed by atoms with Gasteiger partial charge in [0, 0.05) is 5.38 Å². The molecule has 0 saturated heterocycles. The Morgan fingerprint density at radius 3 is 2.67 bits per heavy atom. The van der Waals surface area contributed by atoms with E-state index in [9.17, 15) is 4.79 Å². The Balaban J connectivity index is 1.82. The fraction of sp³-hybridized carbons (Fsp3) is 0.200. The van der Waals surface area contributed by atoms with Crippen molar-refractivity contribution < 1.29 is 4.79 Å². The quantitative estimate of drug-likeness (QED) is 0.804. The summed E-state index contributed by atoms with van der Waals surface area (Å²) >= 11 is 1.41. The van der Waals surface area contributed by atoms with Gasteiger partial charge in [-0.2, -0.15) is 0 Å². The van der Waals surface area contributed by atoms with Crippen molar-refractivity contribution in [2.45, 2.75) is 19.8 Å². The lowest BCUT2D eigenvalue weighted by molar-refractivity contribution is 0.102. The van der Waals surface area contributed by atoms with E-state index in [0.29, 0.717) is 16.6 Å². The number of carbonyl (C=O) groups is 1. The molecule has 2 heterocycles. The van der Waals surface area contributed by atoms with E-state index in [0.717, 1.165) is 11.2 Å². The van der Waals surface area contributed by atoms with E-state index in [1.165, 1.54) is 17.5 Å². The first-order valence-electron chi connectivity index (χ1n) is 6.62.